The van der Waals surface area contributed by atoms with E-state index in [4.69, 9.17) is 22.3 Å². The molecule has 0 aliphatic heterocycles. The van der Waals surface area contributed by atoms with E-state index in [1.807, 2.05) is 6.92 Å². The Hall–Kier alpha value is 0.830. The smallest absolute Gasteiger partial charge is 0.414 e. The Balaban J connectivity index is -0.000000107. The van der Waals surface area contributed by atoms with Crippen LogP contribution in [-0.2, 0) is 15.1 Å². The predicted octanol–water partition coefficient (Wildman–Crippen LogP) is -2.79. The van der Waals surface area contributed by atoms with Gasteiger partial charge < -0.3 is 11.7 Å². The summed E-state index contributed by atoms with van der Waals surface area (Å²) in [5.74, 6) is 0. The van der Waals surface area contributed by atoms with Crippen molar-refractivity contribution in [1.29, 1.82) is 0 Å². The number of ether oxygens (including phenoxy) is 1. The quantitative estimate of drug-likeness (QED) is 0.282. The summed E-state index contributed by atoms with van der Waals surface area (Å²) in [6.45, 7) is 6.78. The Bertz CT molecular complexity index is 133. The van der Waals surface area contributed by atoms with Crippen LogP contribution in [0, 0.1) is 6.92 Å². The van der Waals surface area contributed by atoms with E-state index in [-0.39, 0.29) is 29.6 Å². The van der Waals surface area contributed by atoms with Crippen molar-refractivity contribution < 1.29 is 51.8 Å². The van der Waals surface area contributed by atoms with E-state index in [2.05, 4.69) is 6.92 Å². The zero-order valence-corrected chi connectivity index (χ0v) is 9.47. The molecular weight excluding hydrogens is 183 g/mol. The van der Waals surface area contributed by atoms with Gasteiger partial charge in [-0.15, -0.1) is 0 Å². The largest absolute Gasteiger partial charge is 1.00 e. The molecule has 5 nitrogen and oxygen atoms in total. The molecule has 0 aliphatic carbocycles. The molecule has 0 aromatic rings. The van der Waals surface area contributed by atoms with E-state index in [1.54, 1.807) is 0 Å². The van der Waals surface area contributed by atoms with Crippen molar-refractivity contribution in [3.63, 3.8) is 0 Å². The molecule has 0 aromatic heterocycles. The Labute approximate surface area is 89.0 Å². The van der Waals surface area contributed by atoms with Gasteiger partial charge in [-0.2, -0.15) is 8.42 Å². The summed E-state index contributed by atoms with van der Waals surface area (Å²) in [6.07, 6.45) is 0. The fraction of sp³-hybridized carbons (Fsp3) is 0.750. The second kappa shape index (κ2) is 10.8. The maximum absolute atomic E-state index is 8.74. The molecule has 11 heavy (non-hydrogen) atoms. The SMILES string of the molecule is O=S(=O)(O)O.[CH2-]COCC.[Na+]. The van der Waals surface area contributed by atoms with E-state index >= 15 is 0 Å². The molecular formula is C4H11NaO5S. The fourth-order valence-corrected chi connectivity index (χ4v) is 0.144. The van der Waals surface area contributed by atoms with Crippen LogP contribution in [0.5, 0.6) is 0 Å². The van der Waals surface area contributed by atoms with Gasteiger partial charge in [0.25, 0.3) is 0 Å². The van der Waals surface area contributed by atoms with Crippen molar-refractivity contribution in [1.82, 2.24) is 0 Å². The Kier molecular flexibility index (Phi) is 17.5. The molecule has 0 amide bonds. The predicted molar refractivity (Wildman–Crippen MR) is 36.0 cm³/mol. The van der Waals surface area contributed by atoms with Crippen LogP contribution >= 0.6 is 0 Å². The molecule has 0 radical (unpaired) electrons. The van der Waals surface area contributed by atoms with Crippen molar-refractivity contribution in [3.8, 4) is 0 Å². The Morgan fingerprint density at radius 2 is 1.73 bits per heavy atom. The average molecular weight is 194 g/mol. The fourth-order valence-electron chi connectivity index (χ4n) is 0.144. The third-order valence-electron chi connectivity index (χ3n) is 0.348. The van der Waals surface area contributed by atoms with Crippen LogP contribution in [0.25, 0.3) is 0 Å². The van der Waals surface area contributed by atoms with Crippen molar-refractivity contribution in [3.05, 3.63) is 6.92 Å². The number of rotatable bonds is 2. The summed E-state index contributed by atoms with van der Waals surface area (Å²) in [5, 5.41) is 0. The molecule has 2 N–H and O–H groups in total. The maximum Gasteiger partial charge on any atom is 1.00 e. The minimum atomic E-state index is -4.67. The van der Waals surface area contributed by atoms with Gasteiger partial charge in [0.1, 0.15) is 0 Å². The molecule has 0 bridgehead atoms. The molecule has 0 aliphatic rings. The van der Waals surface area contributed by atoms with Gasteiger partial charge in [0, 0.05) is 6.61 Å². The van der Waals surface area contributed by atoms with Gasteiger partial charge in [-0.3, -0.25) is 9.11 Å². The van der Waals surface area contributed by atoms with Crippen LogP contribution in [0.2, 0.25) is 0 Å². The first-order valence-corrected chi connectivity index (χ1v) is 3.88. The molecule has 0 atom stereocenters. The summed E-state index contributed by atoms with van der Waals surface area (Å²) in [5.41, 5.74) is 0. The first-order chi connectivity index (χ1) is 4.41. The monoisotopic (exact) mass is 194 g/mol. The third kappa shape index (κ3) is 105. The van der Waals surface area contributed by atoms with Gasteiger partial charge in [0.2, 0.25) is 0 Å². The van der Waals surface area contributed by atoms with E-state index in [0.717, 1.165) is 6.61 Å². The molecule has 7 heteroatoms. The minimum absolute atomic E-state index is 0. The van der Waals surface area contributed by atoms with Gasteiger partial charge in [-0.05, 0) is 6.92 Å². The Morgan fingerprint density at radius 3 is 1.73 bits per heavy atom. The standard InChI is InChI=1S/C4H9O.Na.H2O4S/c1-3-5-4-2;;1-5(2,3)4/h1,3-4H2,2H3;;(H2,1,2,3,4)/q-1;+1;. The molecule has 0 unspecified atom stereocenters. The average Bonchev–Trinajstić information content (AvgIpc) is 1.63. The molecule has 0 saturated heterocycles. The van der Waals surface area contributed by atoms with Crippen molar-refractivity contribution in [2.24, 2.45) is 0 Å². The summed E-state index contributed by atoms with van der Waals surface area (Å²) in [4.78, 5) is 0. The molecule has 0 saturated carbocycles. The van der Waals surface area contributed by atoms with Crippen LogP contribution in [0.4, 0.5) is 0 Å². The van der Waals surface area contributed by atoms with Crippen LogP contribution in [-0.4, -0.2) is 30.7 Å². The van der Waals surface area contributed by atoms with E-state index in [9.17, 15) is 0 Å². The topological polar surface area (TPSA) is 83.8 Å². The van der Waals surface area contributed by atoms with Crippen molar-refractivity contribution >= 4 is 10.4 Å². The van der Waals surface area contributed by atoms with Crippen LogP contribution in [0.3, 0.4) is 0 Å². The van der Waals surface area contributed by atoms with Gasteiger partial charge in [0.15, 0.2) is 0 Å². The number of hydrogen-bond acceptors (Lipinski definition) is 3. The van der Waals surface area contributed by atoms with Crippen LogP contribution < -0.4 is 29.6 Å². The summed E-state index contributed by atoms with van der Waals surface area (Å²) in [7, 11) is -4.67. The van der Waals surface area contributed by atoms with E-state index in [0.29, 0.717) is 6.61 Å². The minimum Gasteiger partial charge on any atom is -0.414 e. The van der Waals surface area contributed by atoms with Crippen LogP contribution in [0.15, 0.2) is 0 Å². The summed E-state index contributed by atoms with van der Waals surface area (Å²) in [6, 6.07) is 0. The van der Waals surface area contributed by atoms with Crippen molar-refractivity contribution in [2.45, 2.75) is 6.92 Å². The molecule has 0 fully saturated rings. The zero-order chi connectivity index (χ0) is 8.62. The van der Waals surface area contributed by atoms with Gasteiger partial charge in [-0.1, -0.05) is 6.61 Å². The first kappa shape index (κ1) is 17.8. The third-order valence-corrected chi connectivity index (χ3v) is 0.348. The second-order valence-electron chi connectivity index (χ2n) is 1.14. The first-order valence-electron chi connectivity index (χ1n) is 2.48. The normalized spacial score (nSPS) is 9.09. The van der Waals surface area contributed by atoms with E-state index < -0.39 is 10.4 Å². The zero-order valence-electron chi connectivity index (χ0n) is 6.65. The van der Waals surface area contributed by atoms with Crippen LogP contribution in [0.1, 0.15) is 6.92 Å². The molecule has 64 valence electrons. The van der Waals surface area contributed by atoms with Gasteiger partial charge >= 0.3 is 40.0 Å². The van der Waals surface area contributed by atoms with E-state index in [1.165, 1.54) is 0 Å². The summed E-state index contributed by atoms with van der Waals surface area (Å²) >= 11 is 0. The second-order valence-corrected chi connectivity index (χ2v) is 2.04. The number of hydrogen-bond donors (Lipinski definition) is 2. The maximum atomic E-state index is 8.74. The van der Waals surface area contributed by atoms with Crippen molar-refractivity contribution in [2.75, 3.05) is 13.2 Å². The molecule has 0 rings (SSSR count). The molecule has 0 heterocycles. The van der Waals surface area contributed by atoms with Gasteiger partial charge in [-0.25, -0.2) is 0 Å². The Morgan fingerprint density at radius 1 is 1.45 bits per heavy atom. The molecule has 0 aromatic carbocycles. The van der Waals surface area contributed by atoms with Gasteiger partial charge in [0.05, 0.1) is 0 Å². The summed E-state index contributed by atoms with van der Waals surface area (Å²) < 4.78 is 36.3. The molecule has 0 spiro atoms.